The highest BCUT2D eigenvalue weighted by Crippen LogP contribution is 2.20. The molecule has 0 atom stereocenters. The van der Waals surface area contributed by atoms with E-state index in [-0.39, 0.29) is 5.78 Å². The first kappa shape index (κ1) is 13.8. The molecule has 0 bridgehead atoms. The molecule has 21 heavy (non-hydrogen) atoms. The molecule has 0 N–H and O–H groups in total. The average molecular weight is 341 g/mol. The first-order chi connectivity index (χ1) is 10.2. The van der Waals surface area contributed by atoms with Crippen LogP contribution in [0, 0.1) is 6.92 Å². The van der Waals surface area contributed by atoms with Crippen LogP contribution >= 0.6 is 15.9 Å². The molecule has 2 aromatic carbocycles. The zero-order chi connectivity index (χ0) is 14.8. The largest absolute Gasteiger partial charge is 0.287 e. The molecule has 3 aromatic rings. The fourth-order valence-corrected chi connectivity index (χ4v) is 2.75. The molecule has 0 aliphatic rings. The maximum atomic E-state index is 12.8. The Morgan fingerprint density at radius 2 is 1.86 bits per heavy atom. The van der Waals surface area contributed by atoms with E-state index in [0.29, 0.717) is 11.3 Å². The summed E-state index contributed by atoms with van der Waals surface area (Å²) in [6.07, 6.45) is 1.65. The molecular weight excluding hydrogens is 328 g/mol. The molecule has 0 aliphatic heterocycles. The second-order valence-electron chi connectivity index (χ2n) is 4.75. The summed E-state index contributed by atoms with van der Waals surface area (Å²) in [7, 11) is 0. The minimum Gasteiger partial charge on any atom is -0.287 e. The number of nitrogens with zero attached hydrogens (tertiary/aromatic N) is 2. The summed E-state index contributed by atoms with van der Waals surface area (Å²) in [5.74, 6) is -0.0265. The first-order valence-electron chi connectivity index (χ1n) is 6.57. The van der Waals surface area contributed by atoms with Crippen molar-refractivity contribution in [3.8, 4) is 5.69 Å². The lowest BCUT2D eigenvalue weighted by molar-refractivity contribution is 0.103. The molecule has 0 radical (unpaired) electrons. The Morgan fingerprint density at radius 1 is 1.10 bits per heavy atom. The Kier molecular flexibility index (Phi) is 3.71. The predicted octanol–water partition coefficient (Wildman–Crippen LogP) is 4.17. The highest BCUT2D eigenvalue weighted by atomic mass is 79.9. The van der Waals surface area contributed by atoms with Crippen molar-refractivity contribution in [2.45, 2.75) is 6.92 Å². The Labute approximate surface area is 131 Å². The van der Waals surface area contributed by atoms with Gasteiger partial charge in [0.05, 0.1) is 11.9 Å². The molecule has 0 amide bonds. The number of carbonyl (C=O) groups excluding carboxylic acids is 1. The van der Waals surface area contributed by atoms with Gasteiger partial charge in [-0.15, -0.1) is 0 Å². The number of halogens is 1. The number of rotatable bonds is 3. The van der Waals surface area contributed by atoms with Crippen LogP contribution in [0.3, 0.4) is 0 Å². The highest BCUT2D eigenvalue weighted by Gasteiger charge is 2.17. The zero-order valence-electron chi connectivity index (χ0n) is 11.5. The summed E-state index contributed by atoms with van der Waals surface area (Å²) in [5.41, 5.74) is 3.07. The van der Waals surface area contributed by atoms with Crippen LogP contribution in [0.25, 0.3) is 5.69 Å². The van der Waals surface area contributed by atoms with Crippen LogP contribution in [0.2, 0.25) is 0 Å². The van der Waals surface area contributed by atoms with E-state index < -0.39 is 0 Å². The fourth-order valence-electron chi connectivity index (χ4n) is 2.27. The molecule has 4 heteroatoms. The summed E-state index contributed by atoms with van der Waals surface area (Å²) < 4.78 is 2.64. The second-order valence-corrected chi connectivity index (χ2v) is 5.67. The predicted molar refractivity (Wildman–Crippen MR) is 85.9 cm³/mol. The Hall–Kier alpha value is -2.20. The van der Waals surface area contributed by atoms with Gasteiger partial charge in [-0.3, -0.25) is 4.79 Å². The van der Waals surface area contributed by atoms with Crippen LogP contribution in [0.1, 0.15) is 21.6 Å². The molecule has 1 aromatic heterocycles. The van der Waals surface area contributed by atoms with Gasteiger partial charge in [-0.1, -0.05) is 34.1 Å². The smallest absolute Gasteiger partial charge is 0.211 e. The van der Waals surface area contributed by atoms with Crippen molar-refractivity contribution in [3.63, 3.8) is 0 Å². The number of aromatic nitrogens is 2. The van der Waals surface area contributed by atoms with Crippen LogP contribution in [-0.4, -0.2) is 15.6 Å². The zero-order valence-corrected chi connectivity index (χ0v) is 13.0. The van der Waals surface area contributed by atoms with Crippen molar-refractivity contribution >= 4 is 21.7 Å². The molecule has 0 fully saturated rings. The Morgan fingerprint density at radius 3 is 2.57 bits per heavy atom. The lowest BCUT2D eigenvalue weighted by Crippen LogP contribution is -2.11. The topological polar surface area (TPSA) is 34.9 Å². The summed E-state index contributed by atoms with van der Waals surface area (Å²) in [6, 6.07) is 17.1. The normalized spacial score (nSPS) is 10.6. The van der Waals surface area contributed by atoms with E-state index in [1.165, 1.54) is 0 Å². The van der Waals surface area contributed by atoms with Crippen molar-refractivity contribution in [1.82, 2.24) is 9.78 Å². The maximum absolute atomic E-state index is 12.8. The Bertz CT molecular complexity index is 794. The van der Waals surface area contributed by atoms with Gasteiger partial charge in [0.1, 0.15) is 5.69 Å². The van der Waals surface area contributed by atoms with Crippen molar-refractivity contribution in [3.05, 3.63) is 82.1 Å². The van der Waals surface area contributed by atoms with E-state index in [4.69, 9.17) is 0 Å². The van der Waals surface area contributed by atoms with E-state index in [9.17, 15) is 4.79 Å². The SMILES string of the molecule is Cc1cc(Br)ccc1C(=O)c1ccnn1-c1ccccc1. The van der Waals surface area contributed by atoms with Crippen molar-refractivity contribution in [2.24, 2.45) is 0 Å². The minimum absolute atomic E-state index is 0.0265. The molecule has 3 nitrogen and oxygen atoms in total. The maximum Gasteiger partial charge on any atom is 0.211 e. The molecule has 104 valence electrons. The first-order valence-corrected chi connectivity index (χ1v) is 7.36. The van der Waals surface area contributed by atoms with Crippen molar-refractivity contribution in [1.29, 1.82) is 0 Å². The van der Waals surface area contributed by atoms with Crippen LogP contribution in [-0.2, 0) is 0 Å². The van der Waals surface area contributed by atoms with Gasteiger partial charge in [-0.05, 0) is 48.9 Å². The molecule has 0 saturated carbocycles. The van der Waals surface area contributed by atoms with Crippen molar-refractivity contribution < 1.29 is 4.79 Å². The molecule has 0 spiro atoms. The molecule has 3 rings (SSSR count). The summed E-state index contributed by atoms with van der Waals surface area (Å²) >= 11 is 3.42. The third kappa shape index (κ3) is 2.67. The summed E-state index contributed by atoms with van der Waals surface area (Å²) in [5, 5.41) is 4.27. The van der Waals surface area contributed by atoms with Gasteiger partial charge in [0, 0.05) is 10.0 Å². The second kappa shape index (κ2) is 5.66. The van der Waals surface area contributed by atoms with Gasteiger partial charge in [-0.2, -0.15) is 5.10 Å². The van der Waals surface area contributed by atoms with Crippen molar-refractivity contribution in [2.75, 3.05) is 0 Å². The van der Waals surface area contributed by atoms with Crippen LogP contribution in [0.15, 0.2) is 65.3 Å². The van der Waals surface area contributed by atoms with Gasteiger partial charge in [-0.25, -0.2) is 4.68 Å². The number of ketones is 1. The highest BCUT2D eigenvalue weighted by molar-refractivity contribution is 9.10. The fraction of sp³-hybridized carbons (Fsp3) is 0.0588. The van der Waals surface area contributed by atoms with Crippen LogP contribution in [0.4, 0.5) is 0 Å². The summed E-state index contributed by atoms with van der Waals surface area (Å²) in [4.78, 5) is 12.8. The number of benzene rings is 2. The summed E-state index contributed by atoms with van der Waals surface area (Å²) in [6.45, 7) is 1.93. The lowest BCUT2D eigenvalue weighted by atomic mass is 10.0. The molecule has 0 aliphatic carbocycles. The van der Waals surface area contributed by atoms with Gasteiger partial charge < -0.3 is 0 Å². The van der Waals surface area contributed by atoms with E-state index >= 15 is 0 Å². The molecule has 0 saturated heterocycles. The van der Waals surface area contributed by atoms with Gasteiger partial charge >= 0.3 is 0 Å². The number of aryl methyl sites for hydroxylation is 1. The van der Waals surface area contributed by atoms with E-state index in [1.54, 1.807) is 16.9 Å². The molecule has 0 unspecified atom stereocenters. The standard InChI is InChI=1S/C17H13BrN2O/c1-12-11-13(18)7-8-15(12)17(21)16-9-10-19-20(16)14-5-3-2-4-6-14/h2-11H,1H3. The van der Waals surface area contributed by atoms with E-state index in [1.807, 2.05) is 55.5 Å². The number of carbonyl (C=O) groups is 1. The van der Waals surface area contributed by atoms with Gasteiger partial charge in [0.25, 0.3) is 0 Å². The lowest BCUT2D eigenvalue weighted by Gasteiger charge is -2.08. The third-order valence-corrected chi connectivity index (χ3v) is 3.80. The average Bonchev–Trinajstić information content (AvgIpc) is 2.97. The number of hydrogen-bond acceptors (Lipinski definition) is 2. The van der Waals surface area contributed by atoms with Crippen LogP contribution in [0.5, 0.6) is 0 Å². The quantitative estimate of drug-likeness (QED) is 0.670. The van der Waals surface area contributed by atoms with E-state index in [0.717, 1.165) is 15.7 Å². The van der Waals surface area contributed by atoms with E-state index in [2.05, 4.69) is 21.0 Å². The molecular formula is C17H13BrN2O. The number of para-hydroxylation sites is 1. The molecule has 1 heterocycles. The van der Waals surface area contributed by atoms with Gasteiger partial charge in [0.2, 0.25) is 5.78 Å². The Balaban J connectivity index is 2.06. The minimum atomic E-state index is -0.0265. The van der Waals surface area contributed by atoms with Crippen LogP contribution < -0.4 is 0 Å². The number of hydrogen-bond donors (Lipinski definition) is 0. The monoisotopic (exact) mass is 340 g/mol. The van der Waals surface area contributed by atoms with Gasteiger partial charge in [0.15, 0.2) is 0 Å². The third-order valence-electron chi connectivity index (χ3n) is 3.31.